The molecule has 0 aliphatic carbocycles. The Labute approximate surface area is 166 Å². The first-order chi connectivity index (χ1) is 13.6. The molecule has 0 aliphatic heterocycles. The van der Waals surface area contributed by atoms with E-state index in [9.17, 15) is 18.0 Å². The van der Waals surface area contributed by atoms with Crippen LogP contribution in [0.2, 0.25) is 0 Å². The lowest BCUT2D eigenvalue weighted by molar-refractivity contribution is -0.137. The zero-order chi connectivity index (χ0) is 21.2. The molecule has 1 amide bonds. The van der Waals surface area contributed by atoms with Crippen LogP contribution in [0.5, 0.6) is 0 Å². The molecule has 29 heavy (non-hydrogen) atoms. The van der Waals surface area contributed by atoms with Gasteiger partial charge in [-0.05, 0) is 17.7 Å². The Kier molecular flexibility index (Phi) is 5.71. The minimum Gasteiger partial charge on any atom is -0.451 e. The van der Waals surface area contributed by atoms with Gasteiger partial charge in [0.25, 0.3) is 5.91 Å². The highest BCUT2D eigenvalue weighted by Gasteiger charge is 2.32. The van der Waals surface area contributed by atoms with Gasteiger partial charge in [-0.1, -0.05) is 50.2 Å². The van der Waals surface area contributed by atoms with Crippen LogP contribution in [0, 0.1) is 0 Å². The number of furan rings is 1. The fraction of sp³-hybridized carbons (Fsp3) is 0.318. The molecule has 0 aliphatic rings. The average molecular weight is 405 g/mol. The predicted molar refractivity (Wildman–Crippen MR) is 104 cm³/mol. The average Bonchev–Trinajstić information content (AvgIpc) is 3.05. The topological polar surface area (TPSA) is 51.5 Å². The molecule has 0 fully saturated rings. The predicted octanol–water partition coefficient (Wildman–Crippen LogP) is 5.31. The van der Waals surface area contributed by atoms with Crippen molar-refractivity contribution in [2.24, 2.45) is 0 Å². The van der Waals surface area contributed by atoms with Crippen molar-refractivity contribution in [3.8, 4) is 0 Å². The van der Waals surface area contributed by atoms with Crippen molar-refractivity contribution in [3.05, 3.63) is 71.0 Å². The number of ether oxygens (including phenoxy) is 1. The zero-order valence-electron chi connectivity index (χ0n) is 16.4. The van der Waals surface area contributed by atoms with E-state index < -0.39 is 23.1 Å². The molecule has 4 nitrogen and oxygen atoms in total. The van der Waals surface area contributed by atoms with Gasteiger partial charge in [-0.2, -0.15) is 13.2 Å². The van der Waals surface area contributed by atoms with E-state index in [1.165, 1.54) is 13.2 Å². The van der Waals surface area contributed by atoms with E-state index in [2.05, 4.69) is 5.32 Å². The van der Waals surface area contributed by atoms with Gasteiger partial charge in [-0.3, -0.25) is 4.79 Å². The van der Waals surface area contributed by atoms with Crippen molar-refractivity contribution in [1.82, 2.24) is 5.32 Å². The Balaban J connectivity index is 1.82. The maximum atomic E-state index is 13.0. The molecule has 154 valence electrons. The van der Waals surface area contributed by atoms with Gasteiger partial charge in [0.1, 0.15) is 5.58 Å². The normalized spacial score (nSPS) is 12.3. The molecule has 1 heterocycles. The smallest absolute Gasteiger partial charge is 0.416 e. The molecule has 3 rings (SSSR count). The third-order valence-corrected chi connectivity index (χ3v) is 4.86. The van der Waals surface area contributed by atoms with E-state index in [0.29, 0.717) is 16.7 Å². The molecule has 1 N–H and O–H groups in total. The molecule has 0 saturated heterocycles. The summed E-state index contributed by atoms with van der Waals surface area (Å²) in [4.78, 5) is 12.8. The lowest BCUT2D eigenvalue weighted by Gasteiger charge is -2.26. The summed E-state index contributed by atoms with van der Waals surface area (Å²) in [6.07, 6.45) is -4.42. The maximum absolute atomic E-state index is 13.0. The van der Waals surface area contributed by atoms with E-state index in [4.69, 9.17) is 9.15 Å². The SMILES string of the molecule is COCc1c(C(=O)NCC(C)(C)c2cccc(C(F)(F)F)c2)oc2ccccc12. The van der Waals surface area contributed by atoms with Gasteiger partial charge in [0, 0.05) is 30.0 Å². The molecule has 0 saturated carbocycles. The summed E-state index contributed by atoms with van der Waals surface area (Å²) in [5.41, 5.74) is 0.257. The fourth-order valence-corrected chi connectivity index (χ4v) is 3.17. The first-order valence-corrected chi connectivity index (χ1v) is 9.09. The standard InChI is InChI=1S/C22H22F3NO3/c1-21(2,14-7-6-8-15(11-14)22(23,24)25)13-26-20(27)19-17(12-28-3)16-9-4-5-10-18(16)29-19/h4-11H,12-13H2,1-3H3,(H,26,27). The molecule has 0 spiro atoms. The second-order valence-corrected chi connectivity index (χ2v) is 7.48. The largest absolute Gasteiger partial charge is 0.451 e. The number of fused-ring (bicyclic) bond motifs is 1. The molecule has 3 aromatic rings. The number of rotatable bonds is 6. The number of methoxy groups -OCH3 is 1. The van der Waals surface area contributed by atoms with Crippen LogP contribution in [-0.2, 0) is 22.9 Å². The lowest BCUT2D eigenvalue weighted by Crippen LogP contribution is -2.37. The second kappa shape index (κ2) is 7.91. The minimum atomic E-state index is -4.42. The van der Waals surface area contributed by atoms with Crippen LogP contribution in [0.3, 0.4) is 0 Å². The van der Waals surface area contributed by atoms with Gasteiger partial charge in [-0.15, -0.1) is 0 Å². The highest BCUT2D eigenvalue weighted by Crippen LogP contribution is 2.33. The highest BCUT2D eigenvalue weighted by molar-refractivity contribution is 5.99. The van der Waals surface area contributed by atoms with Crippen molar-refractivity contribution in [1.29, 1.82) is 0 Å². The van der Waals surface area contributed by atoms with Crippen LogP contribution in [-0.4, -0.2) is 19.6 Å². The second-order valence-electron chi connectivity index (χ2n) is 7.48. The van der Waals surface area contributed by atoms with Gasteiger partial charge >= 0.3 is 6.18 Å². The Morgan fingerprint density at radius 2 is 1.76 bits per heavy atom. The molecule has 0 bridgehead atoms. The fourth-order valence-electron chi connectivity index (χ4n) is 3.17. The Morgan fingerprint density at radius 1 is 1.07 bits per heavy atom. The van der Waals surface area contributed by atoms with E-state index >= 15 is 0 Å². The van der Waals surface area contributed by atoms with Gasteiger partial charge in [-0.25, -0.2) is 0 Å². The number of carbonyl (C=O) groups is 1. The number of para-hydroxylation sites is 1. The van der Waals surface area contributed by atoms with Crippen LogP contribution in [0.1, 0.15) is 41.1 Å². The number of alkyl halides is 3. The summed E-state index contributed by atoms with van der Waals surface area (Å²) in [6, 6.07) is 12.4. The van der Waals surface area contributed by atoms with Gasteiger partial charge in [0.2, 0.25) is 0 Å². The number of amides is 1. The first-order valence-electron chi connectivity index (χ1n) is 9.09. The maximum Gasteiger partial charge on any atom is 0.416 e. The third kappa shape index (κ3) is 4.45. The van der Waals surface area contributed by atoms with Crippen LogP contribution >= 0.6 is 0 Å². The molecule has 1 aromatic heterocycles. The van der Waals surface area contributed by atoms with Crippen LogP contribution in [0.25, 0.3) is 11.0 Å². The van der Waals surface area contributed by atoms with E-state index in [-0.39, 0.29) is 18.9 Å². The first kappa shape index (κ1) is 20.9. The van der Waals surface area contributed by atoms with Crippen molar-refractivity contribution < 1.29 is 27.1 Å². The van der Waals surface area contributed by atoms with E-state index in [0.717, 1.165) is 17.5 Å². The van der Waals surface area contributed by atoms with Crippen molar-refractivity contribution >= 4 is 16.9 Å². The number of halogens is 3. The number of hydrogen-bond acceptors (Lipinski definition) is 3. The number of carbonyl (C=O) groups excluding carboxylic acids is 1. The van der Waals surface area contributed by atoms with Crippen molar-refractivity contribution in [2.75, 3.05) is 13.7 Å². The monoisotopic (exact) mass is 405 g/mol. The van der Waals surface area contributed by atoms with Crippen LogP contribution < -0.4 is 5.32 Å². The van der Waals surface area contributed by atoms with E-state index in [1.807, 2.05) is 12.1 Å². The molecule has 0 radical (unpaired) electrons. The minimum absolute atomic E-state index is 0.136. The lowest BCUT2D eigenvalue weighted by atomic mass is 9.83. The summed E-state index contributed by atoms with van der Waals surface area (Å²) < 4.78 is 50.0. The summed E-state index contributed by atoms with van der Waals surface area (Å²) in [7, 11) is 1.53. The summed E-state index contributed by atoms with van der Waals surface area (Å²) in [5.74, 6) is -0.291. The molecule has 2 aromatic carbocycles. The third-order valence-electron chi connectivity index (χ3n) is 4.86. The van der Waals surface area contributed by atoms with Gasteiger partial charge < -0.3 is 14.5 Å². The Morgan fingerprint density at radius 3 is 2.45 bits per heavy atom. The molecular formula is C22H22F3NO3. The summed E-state index contributed by atoms with van der Waals surface area (Å²) >= 11 is 0. The summed E-state index contributed by atoms with van der Waals surface area (Å²) in [5, 5.41) is 3.57. The van der Waals surface area contributed by atoms with E-state index in [1.54, 1.807) is 32.0 Å². The molecule has 0 atom stereocenters. The molecule has 0 unspecified atom stereocenters. The zero-order valence-corrected chi connectivity index (χ0v) is 16.4. The van der Waals surface area contributed by atoms with Crippen molar-refractivity contribution in [3.63, 3.8) is 0 Å². The van der Waals surface area contributed by atoms with Gasteiger partial charge in [0.05, 0.1) is 12.2 Å². The van der Waals surface area contributed by atoms with Gasteiger partial charge in [0.15, 0.2) is 5.76 Å². The molecular weight excluding hydrogens is 383 g/mol. The number of benzene rings is 2. The van der Waals surface area contributed by atoms with Crippen molar-refractivity contribution in [2.45, 2.75) is 32.0 Å². The Bertz CT molecular complexity index is 1020. The van der Waals surface area contributed by atoms with Crippen LogP contribution in [0.15, 0.2) is 52.9 Å². The van der Waals surface area contributed by atoms with Crippen LogP contribution in [0.4, 0.5) is 13.2 Å². The number of hydrogen-bond donors (Lipinski definition) is 1. The molecule has 7 heteroatoms. The quantitative estimate of drug-likeness (QED) is 0.605. The summed E-state index contributed by atoms with van der Waals surface area (Å²) in [6.45, 7) is 3.89. The Hall–Kier alpha value is -2.80. The number of nitrogens with one attached hydrogen (secondary N) is 1. The highest BCUT2D eigenvalue weighted by atomic mass is 19.4.